The zero-order valence-electron chi connectivity index (χ0n) is 16.8. The second-order valence-corrected chi connectivity index (χ2v) is 8.16. The van der Waals surface area contributed by atoms with E-state index < -0.39 is 16.7 Å². The maximum absolute atomic E-state index is 13.2. The highest BCUT2D eigenvalue weighted by Crippen LogP contribution is 2.34. The Bertz CT molecular complexity index is 1050. The monoisotopic (exact) mass is 430 g/mol. The summed E-state index contributed by atoms with van der Waals surface area (Å²) in [7, 11) is 0. The van der Waals surface area contributed by atoms with E-state index in [0.29, 0.717) is 31.4 Å². The number of rotatable bonds is 6. The maximum Gasteiger partial charge on any atom is 0.433 e. The van der Waals surface area contributed by atoms with Crippen molar-refractivity contribution in [2.24, 2.45) is 0 Å². The first-order valence-corrected chi connectivity index (χ1v) is 10.5. The fourth-order valence-electron chi connectivity index (χ4n) is 3.39. The number of morpholine rings is 1. The molecule has 10 heteroatoms. The van der Waals surface area contributed by atoms with Crippen LogP contribution in [0.15, 0.2) is 28.7 Å². The maximum atomic E-state index is 13.2. The summed E-state index contributed by atoms with van der Waals surface area (Å²) in [5.74, 6) is -0.968. The van der Waals surface area contributed by atoms with Gasteiger partial charge in [0.05, 0.1) is 29.5 Å². The normalized spacial score (nSPS) is 14.9. The number of ether oxygens (including phenoxy) is 1. The minimum absolute atomic E-state index is 0.0728. The number of hydrogen-bond acceptors (Lipinski definition) is 8. The summed E-state index contributed by atoms with van der Waals surface area (Å²) in [4.78, 5) is 32.0. The van der Waals surface area contributed by atoms with Crippen molar-refractivity contribution < 1.29 is 18.9 Å². The lowest BCUT2D eigenvalue weighted by Gasteiger charge is -2.28. The standard InChI is InChI=1S/C20H22N4O5S/c1-13-3-4-14(2)18-17(13)21-20(30-18)23(8-7-22-9-11-28-12-10-22)19(25)15-5-6-16(29-15)24(26)27/h3-6H,7-12H2,1-2H3. The van der Waals surface area contributed by atoms with E-state index in [-0.39, 0.29) is 5.76 Å². The Kier molecular flexibility index (Phi) is 5.80. The number of furan rings is 1. The molecule has 30 heavy (non-hydrogen) atoms. The van der Waals surface area contributed by atoms with E-state index in [0.717, 1.165) is 34.4 Å². The summed E-state index contributed by atoms with van der Waals surface area (Å²) in [6.45, 7) is 7.96. The highest BCUT2D eigenvalue weighted by Gasteiger charge is 2.27. The van der Waals surface area contributed by atoms with Crippen LogP contribution in [0.4, 0.5) is 11.0 Å². The molecule has 1 aliphatic heterocycles. The van der Waals surface area contributed by atoms with Gasteiger partial charge in [0, 0.05) is 26.2 Å². The molecule has 0 bridgehead atoms. The molecule has 9 nitrogen and oxygen atoms in total. The van der Waals surface area contributed by atoms with Crippen LogP contribution in [0.25, 0.3) is 10.2 Å². The molecule has 1 saturated heterocycles. The Balaban J connectivity index is 1.67. The Labute approximate surface area is 177 Å². The predicted octanol–water partition coefficient (Wildman–Crippen LogP) is 3.39. The van der Waals surface area contributed by atoms with Gasteiger partial charge < -0.3 is 9.15 Å². The van der Waals surface area contributed by atoms with Crippen LogP contribution in [-0.4, -0.2) is 60.1 Å². The SMILES string of the molecule is Cc1ccc(C)c2sc(N(CCN3CCOCC3)C(=O)c3ccc([N+](=O)[O-])o3)nc12. The third-order valence-electron chi connectivity index (χ3n) is 5.13. The molecule has 1 aromatic carbocycles. The lowest BCUT2D eigenvalue weighted by Crippen LogP contribution is -2.43. The van der Waals surface area contributed by atoms with E-state index in [1.807, 2.05) is 26.0 Å². The summed E-state index contributed by atoms with van der Waals surface area (Å²) >= 11 is 1.44. The number of amides is 1. The van der Waals surface area contributed by atoms with Gasteiger partial charge in [0.15, 0.2) is 10.9 Å². The zero-order chi connectivity index (χ0) is 21.3. The van der Waals surface area contributed by atoms with Gasteiger partial charge in [-0.1, -0.05) is 23.5 Å². The number of benzene rings is 1. The van der Waals surface area contributed by atoms with Crippen molar-refractivity contribution in [1.82, 2.24) is 9.88 Å². The molecule has 1 aliphatic rings. The summed E-state index contributed by atoms with van der Waals surface area (Å²) in [6.07, 6.45) is 0. The largest absolute Gasteiger partial charge is 0.433 e. The van der Waals surface area contributed by atoms with Gasteiger partial charge in [-0.25, -0.2) is 4.98 Å². The molecule has 3 aromatic rings. The molecule has 0 N–H and O–H groups in total. The summed E-state index contributed by atoms with van der Waals surface area (Å²) in [5.41, 5.74) is 2.99. The fraction of sp³-hybridized carbons (Fsp3) is 0.400. The Morgan fingerprint density at radius 2 is 1.97 bits per heavy atom. The Hall–Kier alpha value is -2.82. The topological polar surface area (TPSA) is 102 Å². The number of fused-ring (bicyclic) bond motifs is 1. The molecule has 0 radical (unpaired) electrons. The number of nitrogens with zero attached hydrogens (tertiary/aromatic N) is 4. The minimum atomic E-state index is -0.654. The minimum Gasteiger partial charge on any atom is -0.395 e. The summed E-state index contributed by atoms with van der Waals surface area (Å²) < 4.78 is 11.6. The zero-order valence-corrected chi connectivity index (χ0v) is 17.6. The molecule has 1 fully saturated rings. The molecule has 4 rings (SSSR count). The molecule has 1 amide bonds. The van der Waals surface area contributed by atoms with Gasteiger partial charge in [0.2, 0.25) is 0 Å². The quantitative estimate of drug-likeness (QED) is 0.436. The first-order valence-electron chi connectivity index (χ1n) is 9.67. The van der Waals surface area contributed by atoms with Crippen molar-refractivity contribution in [2.75, 3.05) is 44.3 Å². The van der Waals surface area contributed by atoms with Crippen molar-refractivity contribution in [3.05, 3.63) is 51.3 Å². The van der Waals surface area contributed by atoms with Crippen molar-refractivity contribution in [1.29, 1.82) is 0 Å². The van der Waals surface area contributed by atoms with Crippen LogP contribution in [-0.2, 0) is 4.74 Å². The van der Waals surface area contributed by atoms with Gasteiger partial charge in [-0.05, 0) is 31.0 Å². The van der Waals surface area contributed by atoms with Gasteiger partial charge in [-0.3, -0.25) is 24.7 Å². The number of carbonyl (C=O) groups excluding carboxylic acids is 1. The average Bonchev–Trinajstić information content (AvgIpc) is 3.40. The third-order valence-corrected chi connectivity index (χ3v) is 6.35. The van der Waals surface area contributed by atoms with Crippen LogP contribution < -0.4 is 4.90 Å². The van der Waals surface area contributed by atoms with Gasteiger partial charge in [-0.15, -0.1) is 0 Å². The molecule has 2 aromatic heterocycles. The van der Waals surface area contributed by atoms with Gasteiger partial charge in [-0.2, -0.15) is 0 Å². The molecule has 0 spiro atoms. The number of aromatic nitrogens is 1. The van der Waals surface area contributed by atoms with Crippen LogP contribution >= 0.6 is 11.3 Å². The first kappa shape index (κ1) is 20.5. The Morgan fingerprint density at radius 1 is 1.23 bits per heavy atom. The van der Waals surface area contributed by atoms with E-state index >= 15 is 0 Å². The molecule has 158 valence electrons. The second-order valence-electron chi connectivity index (χ2n) is 7.18. The number of hydrogen-bond donors (Lipinski definition) is 0. The highest BCUT2D eigenvalue weighted by atomic mass is 32.1. The molecule has 3 heterocycles. The van der Waals surface area contributed by atoms with Gasteiger partial charge in [0.1, 0.15) is 4.92 Å². The predicted molar refractivity (Wildman–Crippen MR) is 113 cm³/mol. The van der Waals surface area contributed by atoms with E-state index in [9.17, 15) is 14.9 Å². The van der Waals surface area contributed by atoms with Crippen molar-refractivity contribution in [3.63, 3.8) is 0 Å². The Morgan fingerprint density at radius 3 is 2.63 bits per heavy atom. The molecular weight excluding hydrogens is 408 g/mol. The first-order chi connectivity index (χ1) is 14.4. The third kappa shape index (κ3) is 4.07. The average molecular weight is 430 g/mol. The number of nitro groups is 1. The lowest BCUT2D eigenvalue weighted by molar-refractivity contribution is -0.402. The van der Waals surface area contributed by atoms with Crippen molar-refractivity contribution in [3.8, 4) is 0 Å². The number of aryl methyl sites for hydroxylation is 2. The molecule has 0 aliphatic carbocycles. The van der Waals surface area contributed by atoms with Crippen molar-refractivity contribution in [2.45, 2.75) is 13.8 Å². The number of carbonyl (C=O) groups is 1. The summed E-state index contributed by atoms with van der Waals surface area (Å²) in [6, 6.07) is 6.58. The summed E-state index contributed by atoms with van der Waals surface area (Å²) in [5, 5.41) is 11.5. The van der Waals surface area contributed by atoms with E-state index in [1.54, 1.807) is 4.90 Å². The van der Waals surface area contributed by atoms with E-state index in [2.05, 4.69) is 4.90 Å². The lowest BCUT2D eigenvalue weighted by atomic mass is 10.1. The molecule has 0 unspecified atom stereocenters. The van der Waals surface area contributed by atoms with Crippen LogP contribution in [0.5, 0.6) is 0 Å². The number of thiazole rings is 1. The van der Waals surface area contributed by atoms with Gasteiger partial charge >= 0.3 is 5.88 Å². The molecule has 0 atom stereocenters. The van der Waals surface area contributed by atoms with Crippen LogP contribution in [0, 0.1) is 24.0 Å². The highest BCUT2D eigenvalue weighted by molar-refractivity contribution is 7.22. The van der Waals surface area contributed by atoms with Gasteiger partial charge in [0.25, 0.3) is 5.91 Å². The number of anilines is 1. The molecular formula is C20H22N4O5S. The second kappa shape index (κ2) is 8.50. The van der Waals surface area contributed by atoms with Crippen molar-refractivity contribution >= 4 is 38.5 Å². The smallest absolute Gasteiger partial charge is 0.395 e. The fourth-order valence-corrected chi connectivity index (χ4v) is 4.52. The van der Waals surface area contributed by atoms with Crippen LogP contribution in [0.1, 0.15) is 21.7 Å². The van der Waals surface area contributed by atoms with Crippen LogP contribution in [0.2, 0.25) is 0 Å². The van der Waals surface area contributed by atoms with E-state index in [1.165, 1.54) is 23.5 Å². The van der Waals surface area contributed by atoms with E-state index in [4.69, 9.17) is 14.1 Å². The van der Waals surface area contributed by atoms with Crippen LogP contribution in [0.3, 0.4) is 0 Å². The molecule has 0 saturated carbocycles.